The third-order valence-electron chi connectivity index (χ3n) is 3.22. The van der Waals surface area contributed by atoms with Crippen LogP contribution in [-0.2, 0) is 11.2 Å². The van der Waals surface area contributed by atoms with Gasteiger partial charge in [-0.25, -0.2) is 0 Å². The van der Waals surface area contributed by atoms with E-state index in [1.807, 2.05) is 12.1 Å². The quantitative estimate of drug-likeness (QED) is 0.472. The molecular formula is C17H14Cl2N2O3. The molecule has 0 bridgehead atoms. The number of carbonyl (C=O) groups excluding carboxylic acids is 1. The Kier molecular flexibility index (Phi) is 6.35. The second kappa shape index (κ2) is 8.47. The number of hydrogen-bond donors (Lipinski definition) is 1. The van der Waals surface area contributed by atoms with E-state index in [1.165, 1.54) is 24.3 Å². The zero-order valence-electron chi connectivity index (χ0n) is 12.5. The molecule has 0 aromatic heterocycles. The van der Waals surface area contributed by atoms with Crippen LogP contribution in [0.15, 0.2) is 48.5 Å². The van der Waals surface area contributed by atoms with Crippen LogP contribution in [0.1, 0.15) is 11.1 Å². The van der Waals surface area contributed by atoms with Crippen LogP contribution in [0, 0.1) is 10.1 Å². The fourth-order valence-electron chi connectivity index (χ4n) is 1.99. The van der Waals surface area contributed by atoms with Crippen LogP contribution in [-0.4, -0.2) is 17.4 Å². The summed E-state index contributed by atoms with van der Waals surface area (Å²) in [5.74, 6) is -0.276. The molecule has 0 atom stereocenters. The molecule has 5 nitrogen and oxygen atoms in total. The van der Waals surface area contributed by atoms with Gasteiger partial charge in [0, 0.05) is 23.7 Å². The molecule has 0 saturated heterocycles. The van der Waals surface area contributed by atoms with Crippen LogP contribution in [0.4, 0.5) is 5.69 Å². The predicted octanol–water partition coefficient (Wildman–Crippen LogP) is 4.27. The van der Waals surface area contributed by atoms with Crippen molar-refractivity contribution in [2.24, 2.45) is 0 Å². The molecule has 0 aliphatic rings. The van der Waals surface area contributed by atoms with Gasteiger partial charge >= 0.3 is 0 Å². The number of nitro groups is 1. The maximum absolute atomic E-state index is 11.8. The lowest BCUT2D eigenvalue weighted by molar-refractivity contribution is -0.384. The molecule has 2 aromatic carbocycles. The molecule has 1 amide bonds. The highest BCUT2D eigenvalue weighted by Gasteiger charge is 2.11. The summed E-state index contributed by atoms with van der Waals surface area (Å²) in [5, 5.41) is 14.3. The van der Waals surface area contributed by atoms with E-state index < -0.39 is 4.92 Å². The SMILES string of the molecule is O=C(/C=C/c1ccc(Cl)c([N+](=O)[O-])c1)NCCc1ccc(Cl)cc1. The maximum atomic E-state index is 11.8. The van der Waals surface area contributed by atoms with Gasteiger partial charge in [-0.3, -0.25) is 14.9 Å². The normalized spacial score (nSPS) is 10.8. The summed E-state index contributed by atoms with van der Waals surface area (Å²) in [6, 6.07) is 11.7. The van der Waals surface area contributed by atoms with Gasteiger partial charge in [-0.1, -0.05) is 41.4 Å². The lowest BCUT2D eigenvalue weighted by atomic mass is 10.1. The van der Waals surface area contributed by atoms with Crippen molar-refractivity contribution in [2.45, 2.75) is 6.42 Å². The molecule has 0 saturated carbocycles. The number of benzene rings is 2. The van der Waals surface area contributed by atoms with Crippen LogP contribution in [0.25, 0.3) is 6.08 Å². The van der Waals surface area contributed by atoms with E-state index in [1.54, 1.807) is 18.2 Å². The number of hydrogen-bond acceptors (Lipinski definition) is 3. The van der Waals surface area contributed by atoms with Gasteiger partial charge in [0.25, 0.3) is 5.69 Å². The third kappa shape index (κ3) is 5.37. The van der Waals surface area contributed by atoms with E-state index in [2.05, 4.69) is 5.32 Å². The zero-order chi connectivity index (χ0) is 17.5. The number of amides is 1. The molecule has 0 heterocycles. The molecular weight excluding hydrogens is 351 g/mol. The van der Waals surface area contributed by atoms with Crippen molar-refractivity contribution in [3.63, 3.8) is 0 Å². The van der Waals surface area contributed by atoms with Gasteiger partial charge in [0.1, 0.15) is 5.02 Å². The van der Waals surface area contributed by atoms with Gasteiger partial charge in [-0.2, -0.15) is 0 Å². The van der Waals surface area contributed by atoms with Crippen LogP contribution >= 0.6 is 23.2 Å². The number of nitro benzene ring substituents is 1. The van der Waals surface area contributed by atoms with Crippen LogP contribution < -0.4 is 5.32 Å². The number of rotatable bonds is 6. The molecule has 7 heteroatoms. The van der Waals surface area contributed by atoms with Crippen molar-refractivity contribution in [1.82, 2.24) is 5.32 Å². The highest BCUT2D eigenvalue weighted by Crippen LogP contribution is 2.25. The molecule has 0 aliphatic carbocycles. The van der Waals surface area contributed by atoms with Crippen molar-refractivity contribution in [2.75, 3.05) is 6.54 Å². The van der Waals surface area contributed by atoms with E-state index in [0.29, 0.717) is 23.6 Å². The van der Waals surface area contributed by atoms with Gasteiger partial charge in [0.05, 0.1) is 4.92 Å². The van der Waals surface area contributed by atoms with E-state index in [-0.39, 0.29) is 16.6 Å². The average molecular weight is 365 g/mol. The van der Waals surface area contributed by atoms with Crippen LogP contribution in [0.2, 0.25) is 10.0 Å². The lowest BCUT2D eigenvalue weighted by Gasteiger charge is -2.03. The second-order valence-electron chi connectivity index (χ2n) is 4.97. The van der Waals surface area contributed by atoms with Crippen molar-refractivity contribution in [1.29, 1.82) is 0 Å². The first-order valence-electron chi connectivity index (χ1n) is 7.10. The number of nitrogens with one attached hydrogen (secondary N) is 1. The van der Waals surface area contributed by atoms with E-state index >= 15 is 0 Å². The Morgan fingerprint density at radius 2 is 1.88 bits per heavy atom. The molecule has 0 unspecified atom stereocenters. The van der Waals surface area contributed by atoms with Gasteiger partial charge in [0.15, 0.2) is 0 Å². The first-order valence-corrected chi connectivity index (χ1v) is 7.85. The Morgan fingerprint density at radius 1 is 1.17 bits per heavy atom. The monoisotopic (exact) mass is 364 g/mol. The molecule has 0 fully saturated rings. The average Bonchev–Trinajstić information content (AvgIpc) is 2.55. The predicted molar refractivity (Wildman–Crippen MR) is 95.3 cm³/mol. The van der Waals surface area contributed by atoms with Gasteiger partial charge in [0.2, 0.25) is 5.91 Å². The van der Waals surface area contributed by atoms with E-state index in [9.17, 15) is 14.9 Å². The number of nitrogens with zero attached hydrogens (tertiary/aromatic N) is 1. The number of carbonyl (C=O) groups is 1. The third-order valence-corrected chi connectivity index (χ3v) is 3.79. The summed E-state index contributed by atoms with van der Waals surface area (Å²) < 4.78 is 0. The molecule has 0 radical (unpaired) electrons. The fraction of sp³-hybridized carbons (Fsp3) is 0.118. The standard InChI is InChI=1S/C17H14Cl2N2O3/c18-14-5-1-12(2-6-14)9-10-20-17(22)8-4-13-3-7-15(19)16(11-13)21(23)24/h1-8,11H,9-10H2,(H,20,22)/b8-4+. The van der Waals surface area contributed by atoms with E-state index in [0.717, 1.165) is 5.56 Å². The topological polar surface area (TPSA) is 72.2 Å². The highest BCUT2D eigenvalue weighted by atomic mass is 35.5. The molecule has 0 aliphatic heterocycles. The summed E-state index contributed by atoms with van der Waals surface area (Å²) in [7, 11) is 0. The minimum atomic E-state index is -0.564. The van der Waals surface area contributed by atoms with Crippen molar-refractivity contribution >= 4 is 40.9 Å². The Hall–Kier alpha value is -2.37. The molecule has 2 aromatic rings. The maximum Gasteiger partial charge on any atom is 0.288 e. The summed E-state index contributed by atoms with van der Waals surface area (Å²) >= 11 is 11.5. The van der Waals surface area contributed by atoms with Crippen molar-refractivity contribution in [3.05, 3.63) is 79.8 Å². The Labute approximate surface area is 149 Å². The minimum Gasteiger partial charge on any atom is -0.352 e. The smallest absolute Gasteiger partial charge is 0.288 e. The summed E-state index contributed by atoms with van der Waals surface area (Å²) in [6.45, 7) is 0.478. The van der Waals surface area contributed by atoms with Gasteiger partial charge < -0.3 is 5.32 Å². The number of halogens is 2. The summed E-state index contributed by atoms with van der Waals surface area (Å²) in [6.07, 6.45) is 3.51. The molecule has 2 rings (SSSR count). The van der Waals surface area contributed by atoms with Crippen molar-refractivity contribution < 1.29 is 9.72 Å². The van der Waals surface area contributed by atoms with Crippen molar-refractivity contribution in [3.8, 4) is 0 Å². The minimum absolute atomic E-state index is 0.0598. The van der Waals surface area contributed by atoms with Crippen LogP contribution in [0.3, 0.4) is 0 Å². The Morgan fingerprint density at radius 3 is 2.54 bits per heavy atom. The Bertz CT molecular complexity index is 774. The van der Waals surface area contributed by atoms with E-state index in [4.69, 9.17) is 23.2 Å². The molecule has 124 valence electrons. The zero-order valence-corrected chi connectivity index (χ0v) is 14.1. The molecule has 1 N–H and O–H groups in total. The Balaban J connectivity index is 1.87. The second-order valence-corrected chi connectivity index (χ2v) is 5.81. The van der Waals surface area contributed by atoms with Gasteiger partial charge in [-0.05, 0) is 41.8 Å². The van der Waals surface area contributed by atoms with Gasteiger partial charge in [-0.15, -0.1) is 0 Å². The molecule has 24 heavy (non-hydrogen) atoms. The summed E-state index contributed by atoms with van der Waals surface area (Å²) in [4.78, 5) is 22.0. The van der Waals surface area contributed by atoms with Crippen LogP contribution in [0.5, 0.6) is 0 Å². The fourth-order valence-corrected chi connectivity index (χ4v) is 2.30. The highest BCUT2D eigenvalue weighted by molar-refractivity contribution is 6.32. The first kappa shape index (κ1) is 18.0. The largest absolute Gasteiger partial charge is 0.352 e. The summed E-state index contributed by atoms with van der Waals surface area (Å²) in [5.41, 5.74) is 1.40. The molecule has 0 spiro atoms. The lowest BCUT2D eigenvalue weighted by Crippen LogP contribution is -2.23. The first-order chi connectivity index (χ1) is 11.5.